The quantitative estimate of drug-likeness (QED) is 0.754. The van der Waals surface area contributed by atoms with E-state index in [1.807, 2.05) is 0 Å². The third-order valence-corrected chi connectivity index (χ3v) is 3.07. The van der Waals surface area contributed by atoms with Gasteiger partial charge in [0.05, 0.1) is 25.5 Å². The minimum absolute atomic E-state index is 0.0976. The van der Waals surface area contributed by atoms with Crippen LogP contribution in [0.4, 0.5) is 0 Å². The molecule has 0 radical (unpaired) electrons. The zero-order valence-corrected chi connectivity index (χ0v) is 11.7. The molecule has 2 rings (SSSR count). The van der Waals surface area contributed by atoms with Crippen molar-refractivity contribution < 1.29 is 9.47 Å². The van der Waals surface area contributed by atoms with Gasteiger partial charge in [0.2, 0.25) is 5.28 Å². The summed E-state index contributed by atoms with van der Waals surface area (Å²) in [5.41, 5.74) is 0.892. The minimum Gasteiger partial charge on any atom is -0.382 e. The molecule has 0 aliphatic carbocycles. The van der Waals surface area contributed by atoms with Crippen molar-refractivity contribution in [3.63, 3.8) is 0 Å². The fourth-order valence-electron chi connectivity index (χ4n) is 2.03. The number of nitrogens with zero attached hydrogens (tertiary/aromatic N) is 4. The zero-order valence-electron chi connectivity index (χ0n) is 11.0. The summed E-state index contributed by atoms with van der Waals surface area (Å²) in [6, 6.07) is -0.267. The van der Waals surface area contributed by atoms with E-state index in [4.69, 9.17) is 21.1 Å². The number of rotatable bonds is 5. The summed E-state index contributed by atoms with van der Waals surface area (Å²) < 4.78 is 13.3. The summed E-state index contributed by atoms with van der Waals surface area (Å²) in [4.78, 5) is 20.3. The van der Waals surface area contributed by atoms with E-state index < -0.39 is 0 Å². The molecule has 0 unspecified atom stereocenters. The molecule has 0 aromatic carbocycles. The van der Waals surface area contributed by atoms with Gasteiger partial charge in [0.25, 0.3) is 0 Å². The van der Waals surface area contributed by atoms with Crippen LogP contribution in [0, 0.1) is 0 Å². The van der Waals surface area contributed by atoms with E-state index in [-0.39, 0.29) is 17.0 Å². The first-order chi connectivity index (χ1) is 9.10. The highest BCUT2D eigenvalue weighted by Gasteiger charge is 2.20. The Bertz CT molecular complexity index is 631. The molecule has 2 heterocycles. The highest BCUT2D eigenvalue weighted by atomic mass is 35.5. The maximum atomic E-state index is 12.3. The molecule has 0 N–H and O–H groups in total. The topological polar surface area (TPSA) is 71.2 Å². The number of hydrogen-bond acceptors (Lipinski definition) is 5. The Morgan fingerprint density at radius 1 is 1.37 bits per heavy atom. The van der Waals surface area contributed by atoms with E-state index in [1.165, 1.54) is 15.3 Å². The van der Waals surface area contributed by atoms with Crippen LogP contribution in [0.1, 0.15) is 6.04 Å². The van der Waals surface area contributed by atoms with Gasteiger partial charge in [-0.05, 0) is 11.6 Å². The van der Waals surface area contributed by atoms with Crippen LogP contribution in [0.25, 0.3) is 11.2 Å². The first-order valence-corrected chi connectivity index (χ1v) is 6.05. The van der Waals surface area contributed by atoms with Crippen LogP contribution in [0.15, 0.2) is 11.0 Å². The molecule has 104 valence electrons. The number of aryl methyl sites for hydroxylation is 1. The molecule has 0 saturated carbocycles. The highest BCUT2D eigenvalue weighted by Crippen LogP contribution is 2.16. The van der Waals surface area contributed by atoms with Crippen LogP contribution in [0.5, 0.6) is 0 Å². The third-order valence-electron chi connectivity index (χ3n) is 2.89. The summed E-state index contributed by atoms with van der Waals surface area (Å²) in [5, 5.41) is 0.0976. The molecule has 0 aliphatic heterocycles. The first kappa shape index (κ1) is 14.0. The lowest BCUT2D eigenvalue weighted by Crippen LogP contribution is -2.31. The molecule has 7 nitrogen and oxygen atoms in total. The number of methoxy groups -OCH3 is 2. The monoisotopic (exact) mass is 286 g/mol. The normalized spacial score (nSPS) is 11.6. The Kier molecular flexibility index (Phi) is 4.18. The molecule has 2 aromatic rings. The van der Waals surface area contributed by atoms with Crippen molar-refractivity contribution in [2.45, 2.75) is 6.04 Å². The predicted molar refractivity (Wildman–Crippen MR) is 70.6 cm³/mol. The van der Waals surface area contributed by atoms with Crippen LogP contribution >= 0.6 is 11.6 Å². The van der Waals surface area contributed by atoms with E-state index in [1.54, 1.807) is 21.3 Å². The molecule has 0 bridgehead atoms. The van der Waals surface area contributed by atoms with Gasteiger partial charge in [-0.2, -0.15) is 4.98 Å². The summed E-state index contributed by atoms with van der Waals surface area (Å²) in [6.07, 6.45) is 1.53. The second kappa shape index (κ2) is 5.68. The summed E-state index contributed by atoms with van der Waals surface area (Å²) in [5.74, 6) is 0. The van der Waals surface area contributed by atoms with E-state index in [9.17, 15) is 4.79 Å². The van der Waals surface area contributed by atoms with Gasteiger partial charge in [-0.25, -0.2) is 9.78 Å². The van der Waals surface area contributed by atoms with Gasteiger partial charge in [0.15, 0.2) is 5.65 Å². The number of hydrogen-bond donors (Lipinski definition) is 0. The second-order valence-electron chi connectivity index (χ2n) is 4.12. The molecule has 0 saturated heterocycles. The van der Waals surface area contributed by atoms with Crippen LogP contribution in [-0.4, -0.2) is 46.5 Å². The Balaban J connectivity index is 2.66. The summed E-state index contributed by atoms with van der Waals surface area (Å²) in [6.45, 7) is 0.683. The van der Waals surface area contributed by atoms with Gasteiger partial charge >= 0.3 is 5.69 Å². The van der Waals surface area contributed by atoms with E-state index in [0.29, 0.717) is 24.4 Å². The zero-order chi connectivity index (χ0) is 14.0. The summed E-state index contributed by atoms with van der Waals surface area (Å²) in [7, 11) is 4.80. The third kappa shape index (κ3) is 2.49. The molecule has 2 aromatic heterocycles. The summed E-state index contributed by atoms with van der Waals surface area (Å²) >= 11 is 5.80. The molecular formula is C11H15ClN4O3. The number of ether oxygens (including phenoxy) is 2. The molecular weight excluding hydrogens is 272 g/mol. The second-order valence-corrected chi connectivity index (χ2v) is 4.46. The average Bonchev–Trinajstić information content (AvgIpc) is 2.61. The number of aromatic nitrogens is 4. The largest absolute Gasteiger partial charge is 0.382 e. The van der Waals surface area contributed by atoms with E-state index >= 15 is 0 Å². The van der Waals surface area contributed by atoms with E-state index in [0.717, 1.165) is 0 Å². The number of imidazole rings is 1. The molecule has 0 aliphatic rings. The lowest BCUT2D eigenvalue weighted by molar-refractivity contribution is 0.0893. The van der Waals surface area contributed by atoms with Gasteiger partial charge in [0, 0.05) is 21.3 Å². The Morgan fingerprint density at radius 3 is 2.58 bits per heavy atom. The van der Waals surface area contributed by atoms with Crippen molar-refractivity contribution in [2.75, 3.05) is 27.4 Å². The van der Waals surface area contributed by atoms with Crippen molar-refractivity contribution in [1.29, 1.82) is 0 Å². The van der Waals surface area contributed by atoms with Gasteiger partial charge in [-0.1, -0.05) is 0 Å². The lowest BCUT2D eigenvalue weighted by atomic mass is 10.3. The lowest BCUT2D eigenvalue weighted by Gasteiger charge is -2.16. The van der Waals surface area contributed by atoms with Crippen molar-refractivity contribution in [2.24, 2.45) is 7.05 Å². The number of fused-ring (bicyclic) bond motifs is 1. The fourth-order valence-corrected chi connectivity index (χ4v) is 2.15. The smallest absolute Gasteiger partial charge is 0.330 e. The van der Waals surface area contributed by atoms with Gasteiger partial charge in [-0.15, -0.1) is 0 Å². The van der Waals surface area contributed by atoms with Crippen LogP contribution < -0.4 is 5.69 Å². The average molecular weight is 287 g/mol. The van der Waals surface area contributed by atoms with Gasteiger partial charge < -0.3 is 9.47 Å². The van der Waals surface area contributed by atoms with Crippen molar-refractivity contribution in [3.8, 4) is 0 Å². The Morgan fingerprint density at radius 2 is 2.00 bits per heavy atom. The Labute approximate surface area is 114 Å². The molecule has 19 heavy (non-hydrogen) atoms. The highest BCUT2D eigenvalue weighted by molar-refractivity contribution is 6.28. The predicted octanol–water partition coefficient (Wildman–Crippen LogP) is 0.617. The van der Waals surface area contributed by atoms with Crippen LogP contribution in [0.2, 0.25) is 5.28 Å². The SMILES string of the molecule is COCC(COC)n1c(=O)n(C)c2cnc(Cl)nc21. The Hall–Kier alpha value is -1.44. The minimum atomic E-state index is -0.267. The van der Waals surface area contributed by atoms with Crippen molar-refractivity contribution in [3.05, 3.63) is 22.0 Å². The molecule has 0 amide bonds. The molecule has 0 fully saturated rings. The van der Waals surface area contributed by atoms with Crippen molar-refractivity contribution >= 4 is 22.8 Å². The van der Waals surface area contributed by atoms with Crippen molar-refractivity contribution in [1.82, 2.24) is 19.1 Å². The molecule has 0 atom stereocenters. The van der Waals surface area contributed by atoms with Crippen LogP contribution in [-0.2, 0) is 16.5 Å². The first-order valence-electron chi connectivity index (χ1n) is 5.67. The maximum absolute atomic E-state index is 12.3. The molecule has 8 heteroatoms. The fraction of sp³-hybridized carbons (Fsp3) is 0.545. The van der Waals surface area contributed by atoms with Gasteiger partial charge in [-0.3, -0.25) is 9.13 Å². The van der Waals surface area contributed by atoms with Crippen LogP contribution in [0.3, 0.4) is 0 Å². The van der Waals surface area contributed by atoms with Gasteiger partial charge in [0.1, 0.15) is 5.52 Å². The maximum Gasteiger partial charge on any atom is 0.330 e. The van der Waals surface area contributed by atoms with E-state index in [2.05, 4.69) is 9.97 Å². The standard InChI is InChI=1S/C11H15ClN4O3/c1-15-8-4-13-10(12)14-9(8)16(11(15)17)7(5-18-2)6-19-3/h4,7H,5-6H2,1-3H3. The molecule has 0 spiro atoms. The number of halogens is 1.